The smallest absolute Gasteiger partial charge is 0.410 e. The van der Waals surface area contributed by atoms with Crippen molar-refractivity contribution in [3.05, 3.63) is 35.5 Å². The molecule has 10 heteroatoms. The number of hydrogen-bond acceptors (Lipinski definition) is 7. The summed E-state index contributed by atoms with van der Waals surface area (Å²) in [5.41, 5.74) is 3.47. The van der Waals surface area contributed by atoms with Crippen molar-refractivity contribution >= 4 is 23.6 Å². The SMILES string of the molecule is CCNC(=O)Nc1ccc(-c2nc3c(c(N4CCOC[C@@H]4C)n2)CN(C(=O)OCC(C)C)CC3)cc1. The standard InChI is InChI=1S/C26H36N6O4/c1-5-27-25(33)28-20-8-6-19(7-9-20)23-29-22-10-11-31(26(34)36-15-17(2)3)14-21(22)24(30-23)32-12-13-35-16-18(32)4/h6-9,17-18H,5,10-16H2,1-4H3,(H2,27,28,33)/t18-/m0/s1. The van der Waals surface area contributed by atoms with Gasteiger partial charge in [-0.2, -0.15) is 0 Å². The molecule has 3 heterocycles. The molecule has 0 saturated carbocycles. The van der Waals surface area contributed by atoms with Crippen LogP contribution in [-0.2, 0) is 22.4 Å². The van der Waals surface area contributed by atoms with E-state index in [1.165, 1.54) is 0 Å². The summed E-state index contributed by atoms with van der Waals surface area (Å²) >= 11 is 0. The third-order valence-electron chi connectivity index (χ3n) is 6.21. The molecule has 2 aliphatic heterocycles. The third-order valence-corrected chi connectivity index (χ3v) is 6.21. The van der Waals surface area contributed by atoms with Crippen LogP contribution < -0.4 is 15.5 Å². The number of carbonyl (C=O) groups excluding carboxylic acids is 2. The van der Waals surface area contributed by atoms with E-state index in [0.29, 0.717) is 57.4 Å². The second kappa shape index (κ2) is 11.6. The molecule has 36 heavy (non-hydrogen) atoms. The molecule has 10 nitrogen and oxygen atoms in total. The fourth-order valence-corrected chi connectivity index (χ4v) is 4.33. The zero-order valence-corrected chi connectivity index (χ0v) is 21.5. The van der Waals surface area contributed by atoms with E-state index in [2.05, 4.69) is 22.5 Å². The van der Waals surface area contributed by atoms with Gasteiger partial charge in [0.05, 0.1) is 38.1 Å². The molecule has 0 spiro atoms. The monoisotopic (exact) mass is 496 g/mol. The number of nitrogens with zero attached hydrogens (tertiary/aromatic N) is 4. The first kappa shape index (κ1) is 25.7. The summed E-state index contributed by atoms with van der Waals surface area (Å²) in [7, 11) is 0. The number of carbonyl (C=O) groups is 2. The van der Waals surface area contributed by atoms with Gasteiger partial charge in [0.15, 0.2) is 5.82 Å². The molecule has 3 amide bonds. The number of benzene rings is 1. The van der Waals surface area contributed by atoms with Gasteiger partial charge in [-0.3, -0.25) is 0 Å². The number of anilines is 2. The van der Waals surface area contributed by atoms with E-state index in [-0.39, 0.29) is 24.1 Å². The van der Waals surface area contributed by atoms with Crippen molar-refractivity contribution < 1.29 is 19.1 Å². The molecule has 1 atom stereocenters. The maximum Gasteiger partial charge on any atom is 0.410 e. The number of rotatable bonds is 6. The highest BCUT2D eigenvalue weighted by Gasteiger charge is 2.31. The summed E-state index contributed by atoms with van der Waals surface area (Å²) in [6.45, 7) is 11.9. The summed E-state index contributed by atoms with van der Waals surface area (Å²) in [5.74, 6) is 1.75. The Hall–Kier alpha value is -3.40. The van der Waals surface area contributed by atoms with E-state index in [4.69, 9.17) is 19.4 Å². The quantitative estimate of drug-likeness (QED) is 0.628. The van der Waals surface area contributed by atoms with Gasteiger partial charge in [0.2, 0.25) is 0 Å². The first-order valence-electron chi connectivity index (χ1n) is 12.7. The van der Waals surface area contributed by atoms with E-state index >= 15 is 0 Å². The van der Waals surface area contributed by atoms with Crippen LogP contribution in [0.4, 0.5) is 21.1 Å². The van der Waals surface area contributed by atoms with Gasteiger partial charge in [-0.15, -0.1) is 0 Å². The molecule has 2 aromatic rings. The van der Waals surface area contributed by atoms with Crippen molar-refractivity contribution in [2.45, 2.75) is 46.7 Å². The zero-order valence-electron chi connectivity index (χ0n) is 21.5. The van der Waals surface area contributed by atoms with E-state index in [9.17, 15) is 9.59 Å². The average molecular weight is 497 g/mol. The molecule has 0 aliphatic carbocycles. The molecule has 2 aliphatic rings. The Labute approximate surface area is 212 Å². The maximum atomic E-state index is 12.7. The zero-order chi connectivity index (χ0) is 25.7. The van der Waals surface area contributed by atoms with Gasteiger partial charge in [0, 0.05) is 42.9 Å². The van der Waals surface area contributed by atoms with Crippen LogP contribution in [0.5, 0.6) is 0 Å². The van der Waals surface area contributed by atoms with Crippen LogP contribution in [0, 0.1) is 5.92 Å². The van der Waals surface area contributed by atoms with Gasteiger partial charge in [0.1, 0.15) is 5.82 Å². The minimum Gasteiger partial charge on any atom is -0.449 e. The Bertz CT molecular complexity index is 1070. The van der Waals surface area contributed by atoms with Gasteiger partial charge in [-0.1, -0.05) is 13.8 Å². The topological polar surface area (TPSA) is 109 Å². The number of aromatic nitrogens is 2. The maximum absolute atomic E-state index is 12.7. The predicted octanol–water partition coefficient (Wildman–Crippen LogP) is 3.66. The molecule has 0 unspecified atom stereocenters. The van der Waals surface area contributed by atoms with E-state index in [0.717, 1.165) is 29.2 Å². The van der Waals surface area contributed by atoms with Crippen molar-refractivity contribution in [2.75, 3.05) is 49.7 Å². The number of nitrogens with one attached hydrogen (secondary N) is 2. The summed E-state index contributed by atoms with van der Waals surface area (Å²) in [5, 5.41) is 5.53. The average Bonchev–Trinajstić information content (AvgIpc) is 2.87. The molecular weight excluding hydrogens is 460 g/mol. The van der Waals surface area contributed by atoms with E-state index in [1.54, 1.807) is 4.90 Å². The minimum atomic E-state index is -0.297. The number of morpholine rings is 1. The number of urea groups is 1. The molecule has 1 aromatic heterocycles. The normalized spacial score (nSPS) is 17.5. The summed E-state index contributed by atoms with van der Waals surface area (Å²) < 4.78 is 11.1. The molecule has 4 rings (SSSR count). The minimum absolute atomic E-state index is 0.150. The highest BCUT2D eigenvalue weighted by atomic mass is 16.6. The van der Waals surface area contributed by atoms with Crippen molar-refractivity contribution in [1.82, 2.24) is 20.2 Å². The molecule has 2 N–H and O–H groups in total. The van der Waals surface area contributed by atoms with E-state index in [1.807, 2.05) is 45.0 Å². The summed E-state index contributed by atoms with van der Waals surface area (Å²) in [6, 6.07) is 7.42. The Kier molecular flexibility index (Phi) is 8.25. The highest BCUT2D eigenvalue weighted by molar-refractivity contribution is 5.89. The predicted molar refractivity (Wildman–Crippen MR) is 138 cm³/mol. The van der Waals surface area contributed by atoms with Crippen molar-refractivity contribution in [1.29, 1.82) is 0 Å². The number of amides is 3. The first-order valence-corrected chi connectivity index (χ1v) is 12.7. The molecule has 194 valence electrons. The third kappa shape index (κ3) is 6.04. The van der Waals surface area contributed by atoms with Crippen LogP contribution in [-0.4, -0.2) is 72.5 Å². The fourth-order valence-electron chi connectivity index (χ4n) is 4.33. The van der Waals surface area contributed by atoms with Crippen LogP contribution in [0.3, 0.4) is 0 Å². The van der Waals surface area contributed by atoms with E-state index < -0.39 is 0 Å². The number of fused-ring (bicyclic) bond motifs is 1. The number of ether oxygens (including phenoxy) is 2. The molecule has 1 fully saturated rings. The van der Waals surface area contributed by atoms with Gasteiger partial charge < -0.3 is 29.9 Å². The summed E-state index contributed by atoms with van der Waals surface area (Å²) in [4.78, 5) is 38.4. The van der Waals surface area contributed by atoms with Crippen LogP contribution in [0.15, 0.2) is 24.3 Å². The lowest BCUT2D eigenvalue weighted by molar-refractivity contribution is 0.0870. The van der Waals surface area contributed by atoms with Crippen molar-refractivity contribution in [3.63, 3.8) is 0 Å². The molecule has 0 bridgehead atoms. The molecule has 1 aromatic carbocycles. The van der Waals surface area contributed by atoms with Crippen molar-refractivity contribution in [2.24, 2.45) is 5.92 Å². The van der Waals surface area contributed by atoms with Gasteiger partial charge in [0.25, 0.3) is 0 Å². The second-order valence-corrected chi connectivity index (χ2v) is 9.62. The largest absolute Gasteiger partial charge is 0.449 e. The van der Waals surface area contributed by atoms with Crippen molar-refractivity contribution in [3.8, 4) is 11.4 Å². The Morgan fingerprint density at radius 3 is 2.67 bits per heavy atom. The van der Waals surface area contributed by atoms with Crippen LogP contribution >= 0.6 is 0 Å². The fraction of sp³-hybridized carbons (Fsp3) is 0.538. The second-order valence-electron chi connectivity index (χ2n) is 9.62. The van der Waals surface area contributed by atoms with Crippen LogP contribution in [0.2, 0.25) is 0 Å². The highest BCUT2D eigenvalue weighted by Crippen LogP contribution is 2.32. The lowest BCUT2D eigenvalue weighted by Crippen LogP contribution is -2.46. The Balaban J connectivity index is 1.63. The number of hydrogen-bond donors (Lipinski definition) is 2. The lowest BCUT2D eigenvalue weighted by Gasteiger charge is -2.38. The lowest BCUT2D eigenvalue weighted by atomic mass is 10.0. The van der Waals surface area contributed by atoms with Crippen LogP contribution in [0.25, 0.3) is 11.4 Å². The van der Waals surface area contributed by atoms with Crippen LogP contribution in [0.1, 0.15) is 39.0 Å². The Morgan fingerprint density at radius 1 is 1.19 bits per heavy atom. The summed E-state index contributed by atoms with van der Waals surface area (Å²) in [6.07, 6.45) is 0.332. The van der Waals surface area contributed by atoms with Gasteiger partial charge >= 0.3 is 12.1 Å². The Morgan fingerprint density at radius 2 is 1.97 bits per heavy atom. The molecule has 0 radical (unpaired) electrons. The van der Waals surface area contributed by atoms with Gasteiger partial charge in [-0.05, 0) is 44.0 Å². The molecular formula is C26H36N6O4. The first-order chi connectivity index (χ1) is 17.4. The van der Waals surface area contributed by atoms with Gasteiger partial charge in [-0.25, -0.2) is 19.6 Å². The molecule has 1 saturated heterocycles.